The summed E-state index contributed by atoms with van der Waals surface area (Å²) in [4.78, 5) is 1.33. The molecule has 0 spiro atoms. The van der Waals surface area contributed by atoms with Gasteiger partial charge in [-0.3, -0.25) is 0 Å². The first-order chi connectivity index (χ1) is 4.87. The molecule has 1 nitrogen and oxygen atoms in total. The average Bonchev–Trinajstić information content (AvgIpc) is 1.82. The van der Waals surface area contributed by atoms with Crippen LogP contribution in [0.5, 0.6) is 0 Å². The van der Waals surface area contributed by atoms with Gasteiger partial charge >= 0.3 is 58.4 Å². The zero-order valence-electron chi connectivity index (χ0n) is 8.15. The molecule has 0 amide bonds. The van der Waals surface area contributed by atoms with Crippen molar-refractivity contribution in [3.8, 4) is 0 Å². The summed E-state index contributed by atoms with van der Waals surface area (Å²) >= 11 is 0. The van der Waals surface area contributed by atoms with Crippen molar-refractivity contribution in [1.82, 2.24) is 4.90 Å². The third-order valence-corrected chi connectivity index (χ3v) is 1.84. The van der Waals surface area contributed by atoms with Gasteiger partial charge in [0.2, 0.25) is 0 Å². The second kappa shape index (κ2) is 6.84. The number of hydrogen-bond donors (Lipinski definition) is 0. The smallest absolute Gasteiger partial charge is 0.448 e. The Morgan fingerprint density at radius 3 is 2.00 bits per heavy atom. The van der Waals surface area contributed by atoms with Crippen molar-refractivity contribution in [2.45, 2.75) is 26.3 Å². The quantitative estimate of drug-likeness (QED) is 0.540. The van der Waals surface area contributed by atoms with Gasteiger partial charge in [-0.2, -0.15) is 0 Å². The van der Waals surface area contributed by atoms with Gasteiger partial charge in [-0.05, 0) is 26.8 Å². The van der Waals surface area contributed by atoms with Crippen LogP contribution < -0.4 is 51.4 Å². The second-order valence-electron chi connectivity index (χ2n) is 2.91. The zero-order valence-corrected chi connectivity index (χ0v) is 11.3. The minimum Gasteiger partial charge on any atom is -0.448 e. The molecule has 0 aromatic heterocycles. The molecule has 12 heavy (non-hydrogen) atoms. The van der Waals surface area contributed by atoms with Crippen molar-refractivity contribution in [3.05, 3.63) is 0 Å². The van der Waals surface area contributed by atoms with Crippen molar-refractivity contribution in [2.24, 2.45) is 0 Å². The van der Waals surface area contributed by atoms with E-state index in [1.165, 1.54) is 11.9 Å². The summed E-state index contributed by atoms with van der Waals surface area (Å²) in [5.74, 6) is 0. The zero-order chi connectivity index (χ0) is 9.07. The van der Waals surface area contributed by atoms with Crippen LogP contribution in [0.1, 0.15) is 20.3 Å². The Balaban J connectivity index is 0. The summed E-state index contributed by atoms with van der Waals surface area (Å²) in [5.41, 5.74) is 0. The minimum atomic E-state index is -4.66. The molecule has 0 bridgehead atoms. The van der Waals surface area contributed by atoms with Crippen molar-refractivity contribution in [1.29, 1.82) is 0 Å². The molecule has 0 aliphatic carbocycles. The molecule has 0 radical (unpaired) electrons. The van der Waals surface area contributed by atoms with E-state index >= 15 is 0 Å². The van der Waals surface area contributed by atoms with Gasteiger partial charge in [-0.25, -0.2) is 0 Å². The van der Waals surface area contributed by atoms with Crippen LogP contribution in [-0.4, -0.2) is 31.4 Å². The normalized spacial score (nSPS) is 14.2. The maximum absolute atomic E-state index is 11.8. The fourth-order valence-electron chi connectivity index (χ4n) is 0.818. The van der Waals surface area contributed by atoms with E-state index < -0.39 is 13.4 Å². The molecular formula is C6H14BF3KN. The van der Waals surface area contributed by atoms with Crippen LogP contribution in [0.3, 0.4) is 0 Å². The van der Waals surface area contributed by atoms with E-state index in [2.05, 4.69) is 0 Å². The van der Waals surface area contributed by atoms with Crippen LogP contribution in [0.4, 0.5) is 12.9 Å². The monoisotopic (exact) mass is 207 g/mol. The van der Waals surface area contributed by atoms with E-state index in [4.69, 9.17) is 0 Å². The Bertz CT molecular complexity index is 120. The van der Waals surface area contributed by atoms with Crippen molar-refractivity contribution >= 4 is 6.98 Å². The van der Waals surface area contributed by atoms with Gasteiger partial charge in [0, 0.05) is 6.04 Å². The number of nitrogens with zero attached hydrogens (tertiary/aromatic N) is 1. The topological polar surface area (TPSA) is 3.24 Å². The Morgan fingerprint density at radius 2 is 1.75 bits per heavy atom. The Morgan fingerprint density at radius 1 is 1.33 bits per heavy atom. The van der Waals surface area contributed by atoms with E-state index in [1.54, 1.807) is 6.92 Å². The van der Waals surface area contributed by atoms with Crippen molar-refractivity contribution < 1.29 is 64.3 Å². The molecule has 0 aliphatic rings. The summed E-state index contributed by atoms with van der Waals surface area (Å²) in [6.45, 7) is -0.984. The fraction of sp³-hybridized carbons (Fsp3) is 1.00. The van der Waals surface area contributed by atoms with Gasteiger partial charge in [0.25, 0.3) is 0 Å². The average molecular weight is 207 g/mol. The van der Waals surface area contributed by atoms with Crippen LogP contribution in [-0.2, 0) is 0 Å². The van der Waals surface area contributed by atoms with Crippen molar-refractivity contribution in [3.63, 3.8) is 0 Å². The number of hydrogen-bond acceptors (Lipinski definition) is 1. The maximum Gasteiger partial charge on any atom is 1.00 e. The minimum absolute atomic E-state index is 0. The number of halogens is 3. The van der Waals surface area contributed by atoms with Gasteiger partial charge in [-0.1, -0.05) is 6.92 Å². The van der Waals surface area contributed by atoms with Crippen LogP contribution in [0, 0.1) is 0 Å². The van der Waals surface area contributed by atoms with E-state index in [-0.39, 0.29) is 57.4 Å². The molecule has 68 valence electrons. The SMILES string of the molecule is CCC(C)N(C)C[B-](F)(F)F.[K+]. The molecule has 0 aromatic carbocycles. The molecule has 0 rings (SSSR count). The van der Waals surface area contributed by atoms with Gasteiger partial charge in [0.05, 0.1) is 0 Å². The molecule has 0 aliphatic heterocycles. The summed E-state index contributed by atoms with van der Waals surface area (Å²) in [5, 5.41) is 0. The molecular weight excluding hydrogens is 193 g/mol. The first-order valence-electron chi connectivity index (χ1n) is 3.78. The van der Waals surface area contributed by atoms with Gasteiger partial charge in [0.1, 0.15) is 0 Å². The Hall–Kier alpha value is 1.45. The molecule has 1 atom stereocenters. The van der Waals surface area contributed by atoms with Gasteiger partial charge in [0.15, 0.2) is 0 Å². The molecule has 0 heterocycles. The standard InChI is InChI=1S/C6H14BF3N.K/c1-4-6(2)11(3)5-7(8,9)10;/h6H,4-5H2,1-3H3;/q-1;+1. The molecule has 6 heteroatoms. The summed E-state index contributed by atoms with van der Waals surface area (Å²) < 4.78 is 35.5. The van der Waals surface area contributed by atoms with Gasteiger partial charge < -0.3 is 17.8 Å². The first kappa shape index (κ1) is 15.9. The van der Waals surface area contributed by atoms with E-state index in [0.29, 0.717) is 0 Å². The Kier molecular flexibility index (Phi) is 9.06. The molecule has 0 fully saturated rings. The van der Waals surface area contributed by atoms with Crippen LogP contribution >= 0.6 is 0 Å². The molecule has 1 unspecified atom stereocenters. The third kappa shape index (κ3) is 8.07. The van der Waals surface area contributed by atoms with E-state index in [0.717, 1.165) is 6.42 Å². The molecule has 0 saturated heterocycles. The Labute approximate surface area is 115 Å². The fourth-order valence-corrected chi connectivity index (χ4v) is 0.818. The summed E-state index contributed by atoms with van der Waals surface area (Å²) in [6, 6.07) is 0.0125. The molecule has 0 N–H and O–H groups in total. The van der Waals surface area contributed by atoms with Crippen LogP contribution in [0.15, 0.2) is 0 Å². The van der Waals surface area contributed by atoms with Crippen LogP contribution in [0.2, 0.25) is 0 Å². The van der Waals surface area contributed by atoms with Crippen molar-refractivity contribution in [2.75, 3.05) is 13.5 Å². The van der Waals surface area contributed by atoms with E-state index in [9.17, 15) is 12.9 Å². The largest absolute Gasteiger partial charge is 1.00 e. The first-order valence-corrected chi connectivity index (χ1v) is 3.78. The predicted octanol–water partition coefficient (Wildman–Crippen LogP) is -0.893. The third-order valence-electron chi connectivity index (χ3n) is 1.84. The number of rotatable bonds is 4. The van der Waals surface area contributed by atoms with Crippen LogP contribution in [0.25, 0.3) is 0 Å². The molecule has 0 aromatic rings. The van der Waals surface area contributed by atoms with E-state index in [1.807, 2.05) is 6.92 Å². The predicted molar refractivity (Wildman–Crippen MR) is 41.5 cm³/mol. The second-order valence-corrected chi connectivity index (χ2v) is 2.91. The summed E-state index contributed by atoms with van der Waals surface area (Å²) in [6.07, 6.45) is -0.00231. The summed E-state index contributed by atoms with van der Waals surface area (Å²) in [7, 11) is 1.50. The molecule has 0 saturated carbocycles. The van der Waals surface area contributed by atoms with Gasteiger partial charge in [-0.15, -0.1) is 0 Å². The maximum atomic E-state index is 11.8.